The van der Waals surface area contributed by atoms with Gasteiger partial charge in [0.15, 0.2) is 0 Å². The van der Waals surface area contributed by atoms with E-state index in [1.165, 1.54) is 24.7 Å². The molecule has 0 unspecified atom stereocenters. The smallest absolute Gasteiger partial charge is 0.264 e. The normalized spacial score (nSPS) is 16.5. The zero-order valence-electron chi connectivity index (χ0n) is 25.5. The molecule has 2 amide bonds. The van der Waals surface area contributed by atoms with E-state index in [1.807, 2.05) is 6.92 Å². The Bertz CT molecular complexity index is 1600. The molecule has 1 aromatic carbocycles. The van der Waals surface area contributed by atoms with Crippen molar-refractivity contribution in [2.75, 3.05) is 22.9 Å². The number of benzene rings is 1. The van der Waals surface area contributed by atoms with E-state index >= 15 is 4.39 Å². The van der Waals surface area contributed by atoms with Crippen molar-refractivity contribution in [3.63, 3.8) is 0 Å². The second-order valence-electron chi connectivity index (χ2n) is 10.9. The lowest BCUT2D eigenvalue weighted by Gasteiger charge is -2.40. The molecule has 1 saturated heterocycles. The molecule has 1 fully saturated rings. The van der Waals surface area contributed by atoms with E-state index in [-0.39, 0.29) is 57.6 Å². The summed E-state index contributed by atoms with van der Waals surface area (Å²) in [6.07, 6.45) is 10.8. The molecule has 12 heteroatoms. The Balaban J connectivity index is 1.51. The van der Waals surface area contributed by atoms with E-state index in [9.17, 15) is 14.9 Å². The molecule has 45 heavy (non-hydrogen) atoms. The van der Waals surface area contributed by atoms with E-state index in [1.54, 1.807) is 29.2 Å². The monoisotopic (exact) mass is 611 g/mol. The number of hydrogen-bond acceptors (Lipinski definition) is 9. The molecule has 3 aromatic rings. The standard InChI is InChI=1S/C33H38FN9O2/c1-3-4-5-6-7-11-23(19-35)33(45)43-17-10-12-26(21(43)2)41-31-28(30(37)39-20-40-31)29(36)24-15-14-22(18-25(24)34)32(44)42-27-13-8-9-16-38-27/h8-9,11,13-16,18,20-21,26,36H,3-7,10,12,17H2,1-2H3,(H,38,42,44)(H3,37,39,40,41)/b23-11+,36-29?/t21-,26-/m1/s1. The first-order chi connectivity index (χ1) is 21.7. The Morgan fingerprint density at radius 2 is 2.02 bits per heavy atom. The number of nitrogens with zero attached hydrogens (tertiary/aromatic N) is 5. The molecule has 1 aliphatic rings. The van der Waals surface area contributed by atoms with Crippen LogP contribution in [0.1, 0.15) is 80.3 Å². The predicted molar refractivity (Wildman–Crippen MR) is 171 cm³/mol. The second-order valence-corrected chi connectivity index (χ2v) is 10.9. The van der Waals surface area contributed by atoms with E-state index in [4.69, 9.17) is 11.1 Å². The minimum atomic E-state index is -0.795. The van der Waals surface area contributed by atoms with E-state index < -0.39 is 11.7 Å². The SMILES string of the molecule is CCCCCC/C=C(\C#N)C(=O)N1CCC[C@@H](Nc2ncnc(N)c2C(=N)c2ccc(C(=O)Nc3ccccn3)cc2F)[C@H]1C. The Hall–Kier alpha value is -5.18. The fourth-order valence-electron chi connectivity index (χ4n) is 5.33. The fraction of sp³-hybridized carbons (Fsp3) is 0.364. The van der Waals surface area contributed by atoms with Crippen LogP contribution < -0.4 is 16.4 Å². The Morgan fingerprint density at radius 3 is 2.73 bits per heavy atom. The third kappa shape index (κ3) is 8.06. The molecular formula is C33H38FN9O2. The Kier molecular flexibility index (Phi) is 11.3. The van der Waals surface area contributed by atoms with Crippen LogP contribution in [0.15, 0.2) is 60.6 Å². The maximum absolute atomic E-state index is 15.4. The zero-order chi connectivity index (χ0) is 32.3. The number of carbonyl (C=O) groups excluding carboxylic acids is 2. The van der Waals surface area contributed by atoms with Gasteiger partial charge >= 0.3 is 0 Å². The summed E-state index contributed by atoms with van der Waals surface area (Å²) in [4.78, 5) is 40.0. The first-order valence-corrected chi connectivity index (χ1v) is 15.1. The number of carbonyl (C=O) groups is 2. The number of piperidine rings is 1. The molecule has 2 atom stereocenters. The van der Waals surface area contributed by atoms with Crippen molar-refractivity contribution in [3.8, 4) is 6.07 Å². The lowest BCUT2D eigenvalue weighted by Crippen LogP contribution is -2.52. The van der Waals surface area contributed by atoms with Gasteiger partial charge < -0.3 is 21.3 Å². The van der Waals surface area contributed by atoms with Crippen LogP contribution in [0.25, 0.3) is 0 Å². The molecule has 0 radical (unpaired) electrons. The summed E-state index contributed by atoms with van der Waals surface area (Å²) in [6, 6.07) is 10.3. The number of anilines is 3. The van der Waals surface area contributed by atoms with Gasteiger partial charge in [-0.2, -0.15) is 5.26 Å². The number of allylic oxidation sites excluding steroid dienone is 1. The van der Waals surface area contributed by atoms with Gasteiger partial charge in [0.25, 0.3) is 11.8 Å². The van der Waals surface area contributed by atoms with Crippen molar-refractivity contribution in [1.82, 2.24) is 19.9 Å². The lowest BCUT2D eigenvalue weighted by atomic mass is 9.95. The van der Waals surface area contributed by atoms with Crippen molar-refractivity contribution in [2.45, 2.75) is 70.9 Å². The second kappa shape index (κ2) is 15.5. The first kappa shape index (κ1) is 32.7. The lowest BCUT2D eigenvalue weighted by molar-refractivity contribution is -0.130. The third-order valence-electron chi connectivity index (χ3n) is 7.86. The largest absolute Gasteiger partial charge is 0.383 e. The first-order valence-electron chi connectivity index (χ1n) is 15.1. The van der Waals surface area contributed by atoms with Crippen LogP contribution in [-0.4, -0.2) is 56.0 Å². The van der Waals surface area contributed by atoms with Crippen LogP contribution in [0.3, 0.4) is 0 Å². The van der Waals surface area contributed by atoms with Gasteiger partial charge in [0.05, 0.1) is 11.3 Å². The van der Waals surface area contributed by atoms with Crippen LogP contribution in [0.5, 0.6) is 0 Å². The predicted octanol–water partition coefficient (Wildman–Crippen LogP) is 5.47. The van der Waals surface area contributed by atoms with Gasteiger partial charge in [0, 0.05) is 36.0 Å². The number of unbranched alkanes of at least 4 members (excludes halogenated alkanes) is 4. The molecule has 0 spiro atoms. The number of nitriles is 1. The highest BCUT2D eigenvalue weighted by molar-refractivity contribution is 6.16. The average Bonchev–Trinajstić information content (AvgIpc) is 3.03. The minimum absolute atomic E-state index is 0.0250. The van der Waals surface area contributed by atoms with E-state index in [2.05, 4.69) is 38.6 Å². The van der Waals surface area contributed by atoms with Crippen LogP contribution in [-0.2, 0) is 4.79 Å². The van der Waals surface area contributed by atoms with Gasteiger partial charge in [0.1, 0.15) is 41.2 Å². The molecule has 2 aromatic heterocycles. The van der Waals surface area contributed by atoms with Crippen LogP contribution in [0, 0.1) is 22.6 Å². The third-order valence-corrected chi connectivity index (χ3v) is 7.86. The number of amides is 2. The number of nitrogens with two attached hydrogens (primary N) is 1. The van der Waals surface area contributed by atoms with Gasteiger partial charge in [-0.3, -0.25) is 15.0 Å². The Morgan fingerprint density at radius 1 is 1.20 bits per heavy atom. The number of aromatic nitrogens is 3. The van der Waals surface area contributed by atoms with Crippen LogP contribution in [0.2, 0.25) is 0 Å². The molecule has 1 aliphatic heterocycles. The number of rotatable bonds is 12. The number of likely N-dealkylation sites (tertiary alicyclic amines) is 1. The number of hydrogen-bond donors (Lipinski definition) is 4. The fourth-order valence-corrected chi connectivity index (χ4v) is 5.33. The summed E-state index contributed by atoms with van der Waals surface area (Å²) in [5, 5.41) is 24.5. The van der Waals surface area contributed by atoms with Gasteiger partial charge in [-0.05, 0) is 62.9 Å². The highest BCUT2D eigenvalue weighted by atomic mass is 19.1. The maximum atomic E-state index is 15.4. The molecule has 3 heterocycles. The number of nitrogen functional groups attached to an aromatic ring is 1. The van der Waals surface area contributed by atoms with Gasteiger partial charge in [-0.1, -0.05) is 38.3 Å². The Labute approximate surface area is 262 Å². The summed E-state index contributed by atoms with van der Waals surface area (Å²) in [5.41, 5.74) is 6.13. The molecule has 5 N–H and O–H groups in total. The summed E-state index contributed by atoms with van der Waals surface area (Å²) in [7, 11) is 0. The zero-order valence-corrected chi connectivity index (χ0v) is 25.5. The minimum Gasteiger partial charge on any atom is -0.383 e. The molecule has 0 saturated carbocycles. The van der Waals surface area contributed by atoms with E-state index in [0.29, 0.717) is 31.6 Å². The van der Waals surface area contributed by atoms with Gasteiger partial charge in [0.2, 0.25) is 0 Å². The summed E-state index contributed by atoms with van der Waals surface area (Å²) < 4.78 is 15.4. The van der Waals surface area contributed by atoms with Crippen molar-refractivity contribution < 1.29 is 14.0 Å². The molecule has 0 bridgehead atoms. The molecule has 4 rings (SSSR count). The van der Waals surface area contributed by atoms with Crippen molar-refractivity contribution in [3.05, 3.63) is 83.1 Å². The number of pyridine rings is 1. The topological polar surface area (TPSA) is 174 Å². The van der Waals surface area contributed by atoms with Crippen LogP contribution in [0.4, 0.5) is 21.8 Å². The summed E-state index contributed by atoms with van der Waals surface area (Å²) in [5.74, 6) is -1.13. The molecular weight excluding hydrogens is 573 g/mol. The molecule has 234 valence electrons. The van der Waals surface area contributed by atoms with Crippen LogP contribution >= 0.6 is 0 Å². The molecule has 0 aliphatic carbocycles. The van der Waals surface area contributed by atoms with E-state index in [0.717, 1.165) is 31.7 Å². The highest BCUT2D eigenvalue weighted by Gasteiger charge is 2.33. The molecule has 11 nitrogen and oxygen atoms in total. The van der Waals surface area contributed by atoms with Gasteiger partial charge in [-0.25, -0.2) is 19.3 Å². The van der Waals surface area contributed by atoms with Crippen molar-refractivity contribution >= 4 is 35.0 Å². The summed E-state index contributed by atoms with van der Waals surface area (Å²) in [6.45, 7) is 4.54. The van der Waals surface area contributed by atoms with Crippen molar-refractivity contribution in [1.29, 1.82) is 10.7 Å². The maximum Gasteiger partial charge on any atom is 0.264 e. The number of halogens is 1. The summed E-state index contributed by atoms with van der Waals surface area (Å²) >= 11 is 0. The highest BCUT2D eigenvalue weighted by Crippen LogP contribution is 2.28. The quantitative estimate of drug-likeness (QED) is 0.0902. The van der Waals surface area contributed by atoms with Crippen molar-refractivity contribution in [2.24, 2.45) is 0 Å². The number of nitrogens with one attached hydrogen (secondary N) is 3. The van der Waals surface area contributed by atoms with Gasteiger partial charge in [-0.15, -0.1) is 0 Å². The average molecular weight is 612 g/mol.